The zero-order valence-corrected chi connectivity index (χ0v) is 11.2. The van der Waals surface area contributed by atoms with Crippen molar-refractivity contribution in [3.8, 4) is 5.75 Å². The molecule has 0 aliphatic carbocycles. The number of ether oxygens (including phenoxy) is 1. The van der Waals surface area contributed by atoms with Crippen LogP contribution in [0.5, 0.6) is 5.75 Å². The molecule has 0 saturated carbocycles. The van der Waals surface area contributed by atoms with Crippen LogP contribution in [0.15, 0.2) is 29.6 Å². The summed E-state index contributed by atoms with van der Waals surface area (Å²) in [6.45, 7) is -0.530. The molecule has 2 N–H and O–H groups in total. The van der Waals surface area contributed by atoms with Gasteiger partial charge in [-0.05, 0) is 23.6 Å². The number of thiophene rings is 1. The molecule has 21 heavy (non-hydrogen) atoms. The van der Waals surface area contributed by atoms with E-state index in [2.05, 4.69) is 5.32 Å². The molecule has 0 atom stereocenters. The van der Waals surface area contributed by atoms with Crippen molar-refractivity contribution in [1.82, 2.24) is 0 Å². The van der Waals surface area contributed by atoms with E-state index in [4.69, 9.17) is 9.84 Å². The van der Waals surface area contributed by atoms with Crippen molar-refractivity contribution in [2.45, 2.75) is 0 Å². The van der Waals surface area contributed by atoms with Crippen LogP contribution in [0.4, 0.5) is 14.5 Å². The Morgan fingerprint density at radius 3 is 2.71 bits per heavy atom. The van der Waals surface area contributed by atoms with E-state index >= 15 is 0 Å². The summed E-state index contributed by atoms with van der Waals surface area (Å²) in [7, 11) is 0. The Bertz CT molecular complexity index is 687. The molecule has 5 nitrogen and oxygen atoms in total. The maximum atomic E-state index is 13.3. The number of hydrogen-bond donors (Lipinski definition) is 2. The number of benzene rings is 1. The minimum absolute atomic E-state index is 0.0173. The zero-order valence-electron chi connectivity index (χ0n) is 10.4. The summed E-state index contributed by atoms with van der Waals surface area (Å²) in [6.07, 6.45) is 0. The Balaban J connectivity index is 1.96. The normalized spacial score (nSPS) is 10.2. The Morgan fingerprint density at radius 2 is 2.05 bits per heavy atom. The van der Waals surface area contributed by atoms with E-state index in [1.54, 1.807) is 0 Å². The summed E-state index contributed by atoms with van der Waals surface area (Å²) in [6, 6.07) is 4.13. The number of carboxylic acid groups (broad SMARTS) is 1. The molecule has 0 bridgehead atoms. The Hall–Kier alpha value is -2.48. The fourth-order valence-electron chi connectivity index (χ4n) is 1.50. The van der Waals surface area contributed by atoms with Gasteiger partial charge in [-0.25, -0.2) is 13.6 Å². The topological polar surface area (TPSA) is 75.6 Å². The van der Waals surface area contributed by atoms with Gasteiger partial charge in [-0.2, -0.15) is 0 Å². The van der Waals surface area contributed by atoms with Crippen molar-refractivity contribution < 1.29 is 28.2 Å². The highest BCUT2D eigenvalue weighted by atomic mass is 32.1. The number of aromatic carboxylic acids is 1. The van der Waals surface area contributed by atoms with Gasteiger partial charge in [-0.3, -0.25) is 4.79 Å². The van der Waals surface area contributed by atoms with Gasteiger partial charge in [0.15, 0.2) is 18.2 Å². The van der Waals surface area contributed by atoms with Crippen molar-refractivity contribution in [2.24, 2.45) is 0 Å². The molecule has 0 unspecified atom stereocenters. The molecule has 0 spiro atoms. The third-order valence-corrected chi connectivity index (χ3v) is 3.29. The minimum atomic E-state index is -1.16. The number of amides is 1. The molecule has 0 fully saturated rings. The van der Waals surface area contributed by atoms with E-state index in [1.807, 2.05) is 0 Å². The average molecular weight is 313 g/mol. The number of nitrogens with one attached hydrogen (secondary N) is 1. The molecule has 0 aliphatic rings. The van der Waals surface area contributed by atoms with E-state index in [0.717, 1.165) is 23.5 Å². The highest BCUT2D eigenvalue weighted by molar-refractivity contribution is 7.12. The number of carbonyl (C=O) groups is 2. The first-order chi connectivity index (χ1) is 9.97. The van der Waals surface area contributed by atoms with Gasteiger partial charge in [-0.1, -0.05) is 0 Å². The molecular formula is C13H9F2NO4S. The molecular weight excluding hydrogens is 304 g/mol. The maximum absolute atomic E-state index is 13.3. The lowest BCUT2D eigenvalue weighted by molar-refractivity contribution is -0.118. The average Bonchev–Trinajstić information content (AvgIpc) is 2.86. The van der Waals surface area contributed by atoms with Crippen LogP contribution in [-0.2, 0) is 4.79 Å². The summed E-state index contributed by atoms with van der Waals surface area (Å²) in [5, 5.41) is 12.7. The van der Waals surface area contributed by atoms with Crippen LogP contribution < -0.4 is 10.1 Å². The molecule has 2 aromatic rings. The van der Waals surface area contributed by atoms with Crippen molar-refractivity contribution >= 4 is 28.9 Å². The van der Waals surface area contributed by atoms with E-state index in [-0.39, 0.29) is 16.3 Å². The van der Waals surface area contributed by atoms with Crippen LogP contribution in [0.1, 0.15) is 9.67 Å². The minimum Gasteiger partial charge on any atom is -0.481 e. The van der Waals surface area contributed by atoms with Crippen LogP contribution in [0.3, 0.4) is 0 Å². The molecule has 0 radical (unpaired) electrons. The summed E-state index contributed by atoms with van der Waals surface area (Å²) < 4.78 is 30.9. The Labute approximate surface area is 121 Å². The van der Waals surface area contributed by atoms with Crippen LogP contribution >= 0.6 is 11.3 Å². The lowest BCUT2D eigenvalue weighted by Crippen LogP contribution is -2.21. The monoisotopic (exact) mass is 313 g/mol. The molecule has 1 aromatic heterocycles. The molecule has 1 heterocycles. The number of carbonyl (C=O) groups excluding carboxylic acids is 1. The van der Waals surface area contributed by atoms with Gasteiger partial charge in [0.1, 0.15) is 10.7 Å². The Kier molecular flexibility index (Phi) is 4.49. The quantitative estimate of drug-likeness (QED) is 0.890. The van der Waals surface area contributed by atoms with Gasteiger partial charge in [0, 0.05) is 6.07 Å². The van der Waals surface area contributed by atoms with Gasteiger partial charge in [0.05, 0.1) is 5.69 Å². The molecule has 2 rings (SSSR count). The van der Waals surface area contributed by atoms with Gasteiger partial charge in [0.2, 0.25) is 0 Å². The van der Waals surface area contributed by atoms with E-state index in [9.17, 15) is 18.4 Å². The first-order valence-electron chi connectivity index (χ1n) is 5.66. The highest BCUT2D eigenvalue weighted by Crippen LogP contribution is 2.22. The Morgan fingerprint density at radius 1 is 1.29 bits per heavy atom. The first-order valence-corrected chi connectivity index (χ1v) is 6.54. The van der Waals surface area contributed by atoms with E-state index in [1.165, 1.54) is 11.4 Å². The van der Waals surface area contributed by atoms with E-state index in [0.29, 0.717) is 6.07 Å². The predicted octanol–water partition coefficient (Wildman–Crippen LogP) is 2.74. The lowest BCUT2D eigenvalue weighted by Gasteiger charge is -2.08. The van der Waals surface area contributed by atoms with E-state index < -0.39 is 30.1 Å². The van der Waals surface area contributed by atoms with Gasteiger partial charge < -0.3 is 15.2 Å². The maximum Gasteiger partial charge on any atom is 0.348 e. The van der Waals surface area contributed by atoms with Crippen LogP contribution in [0.2, 0.25) is 0 Å². The second kappa shape index (κ2) is 6.31. The largest absolute Gasteiger partial charge is 0.481 e. The fourth-order valence-corrected chi connectivity index (χ4v) is 2.18. The van der Waals surface area contributed by atoms with Crippen molar-refractivity contribution in [3.05, 3.63) is 46.2 Å². The fraction of sp³-hybridized carbons (Fsp3) is 0.0769. The SMILES string of the molecule is O=C(COc1ccc(F)cc1F)Nc1ccsc1C(=O)O. The van der Waals surface area contributed by atoms with Crippen LogP contribution in [0.25, 0.3) is 0 Å². The third kappa shape index (κ3) is 3.76. The summed E-state index contributed by atoms with van der Waals surface area (Å²) in [5.41, 5.74) is 0.140. The van der Waals surface area contributed by atoms with Crippen LogP contribution in [0, 0.1) is 11.6 Å². The number of anilines is 1. The van der Waals surface area contributed by atoms with Crippen LogP contribution in [-0.4, -0.2) is 23.6 Å². The van der Waals surface area contributed by atoms with Crippen molar-refractivity contribution in [2.75, 3.05) is 11.9 Å². The third-order valence-electron chi connectivity index (χ3n) is 2.39. The molecule has 1 aromatic carbocycles. The van der Waals surface area contributed by atoms with Gasteiger partial charge in [-0.15, -0.1) is 11.3 Å². The molecule has 110 valence electrons. The van der Waals surface area contributed by atoms with Gasteiger partial charge in [0.25, 0.3) is 5.91 Å². The van der Waals surface area contributed by atoms with Crippen molar-refractivity contribution in [1.29, 1.82) is 0 Å². The van der Waals surface area contributed by atoms with Crippen molar-refractivity contribution in [3.63, 3.8) is 0 Å². The summed E-state index contributed by atoms with van der Waals surface area (Å²) >= 11 is 0.961. The lowest BCUT2D eigenvalue weighted by atomic mass is 10.3. The second-order valence-electron chi connectivity index (χ2n) is 3.88. The predicted molar refractivity (Wildman–Crippen MR) is 71.8 cm³/mol. The summed E-state index contributed by atoms with van der Waals surface area (Å²) in [5.74, 6) is -3.76. The number of hydrogen-bond acceptors (Lipinski definition) is 4. The van der Waals surface area contributed by atoms with Gasteiger partial charge >= 0.3 is 5.97 Å². The summed E-state index contributed by atoms with van der Waals surface area (Å²) in [4.78, 5) is 22.5. The number of halogens is 2. The standard InChI is InChI=1S/C13H9F2NO4S/c14-7-1-2-10(8(15)5-7)20-6-11(17)16-9-3-4-21-12(9)13(18)19/h1-5H,6H2,(H,16,17)(H,18,19). The number of rotatable bonds is 5. The first kappa shape index (κ1) is 14.9. The molecule has 1 amide bonds. The highest BCUT2D eigenvalue weighted by Gasteiger charge is 2.14. The zero-order chi connectivity index (χ0) is 15.4. The number of carboxylic acids is 1. The molecule has 0 aliphatic heterocycles. The second-order valence-corrected chi connectivity index (χ2v) is 4.80. The molecule has 8 heteroatoms. The molecule has 0 saturated heterocycles. The smallest absolute Gasteiger partial charge is 0.348 e.